The normalized spacial score (nSPS) is 14.0. The van der Waals surface area contributed by atoms with E-state index < -0.39 is 4.92 Å². The number of ether oxygens (including phenoxy) is 3. The summed E-state index contributed by atoms with van der Waals surface area (Å²) >= 11 is 5.45. The minimum atomic E-state index is -0.499. The molecule has 1 amide bonds. The first-order chi connectivity index (χ1) is 18.8. The van der Waals surface area contributed by atoms with Crippen molar-refractivity contribution in [3.63, 3.8) is 0 Å². The number of nitrogens with one attached hydrogen (secondary N) is 1. The molecule has 1 saturated heterocycles. The Kier molecular flexibility index (Phi) is 8.77. The van der Waals surface area contributed by atoms with Gasteiger partial charge in [0.15, 0.2) is 16.6 Å². The van der Waals surface area contributed by atoms with Crippen LogP contribution in [0.1, 0.15) is 30.5 Å². The number of carbonyl (C=O) groups excluding carboxylic acids is 1. The first-order valence-electron chi connectivity index (χ1n) is 12.4. The third-order valence-electron chi connectivity index (χ3n) is 5.97. The number of methoxy groups -OCH3 is 1. The first kappa shape index (κ1) is 27.6. The molecule has 0 saturated carbocycles. The van der Waals surface area contributed by atoms with E-state index in [9.17, 15) is 14.9 Å². The molecule has 2 aromatic carbocycles. The highest BCUT2D eigenvalue weighted by Gasteiger charge is 2.30. The van der Waals surface area contributed by atoms with Crippen molar-refractivity contribution in [3.8, 4) is 17.2 Å². The molecule has 0 aliphatic carbocycles. The Morgan fingerprint density at radius 3 is 2.54 bits per heavy atom. The number of hydrogen-bond acceptors (Lipinski definition) is 8. The number of amides is 1. The van der Waals surface area contributed by atoms with Gasteiger partial charge in [0.1, 0.15) is 23.8 Å². The maximum absolute atomic E-state index is 13.2. The van der Waals surface area contributed by atoms with Gasteiger partial charge in [0, 0.05) is 12.1 Å². The topological polar surface area (TPSA) is 121 Å². The molecule has 1 aromatic heterocycles. The summed E-state index contributed by atoms with van der Waals surface area (Å²) in [6.45, 7) is 5.54. The quantitative estimate of drug-likeness (QED) is 0.154. The summed E-state index contributed by atoms with van der Waals surface area (Å²) in [5.74, 6) is 1.73. The molecule has 1 fully saturated rings. The van der Waals surface area contributed by atoms with Gasteiger partial charge in [0.25, 0.3) is 5.91 Å². The molecule has 2 heterocycles. The average molecular weight is 552 g/mol. The lowest BCUT2D eigenvalue weighted by Gasteiger charge is -2.16. The van der Waals surface area contributed by atoms with E-state index in [1.807, 2.05) is 44.2 Å². The van der Waals surface area contributed by atoms with Gasteiger partial charge in [-0.1, -0.05) is 12.1 Å². The lowest BCUT2D eigenvalue weighted by Crippen LogP contribution is -2.32. The van der Waals surface area contributed by atoms with E-state index in [0.29, 0.717) is 54.2 Å². The van der Waals surface area contributed by atoms with Crippen LogP contribution < -0.4 is 19.5 Å². The Morgan fingerprint density at radius 2 is 1.85 bits per heavy atom. The molecule has 0 spiro atoms. The smallest absolute Gasteiger partial charge is 0.307 e. The van der Waals surface area contributed by atoms with E-state index in [-0.39, 0.29) is 18.1 Å². The molecule has 1 N–H and O–H groups in total. The molecule has 39 heavy (non-hydrogen) atoms. The number of hydrogen-bond donors (Lipinski definition) is 1. The maximum atomic E-state index is 13.2. The van der Waals surface area contributed by atoms with Crippen LogP contribution in [0.25, 0.3) is 6.08 Å². The van der Waals surface area contributed by atoms with E-state index in [1.165, 1.54) is 22.0 Å². The van der Waals surface area contributed by atoms with Crippen molar-refractivity contribution < 1.29 is 23.9 Å². The largest absolute Gasteiger partial charge is 0.496 e. The number of nitro groups is 1. The second-order valence-electron chi connectivity index (χ2n) is 8.57. The number of rotatable bonds is 12. The van der Waals surface area contributed by atoms with Gasteiger partial charge in [-0.15, -0.1) is 0 Å². The molecular formula is C27H29N5O6S. The van der Waals surface area contributed by atoms with Crippen molar-refractivity contribution in [2.45, 2.75) is 26.8 Å². The number of carbonyl (C=O) groups is 1. The van der Waals surface area contributed by atoms with Crippen LogP contribution in [0.2, 0.25) is 0 Å². The fourth-order valence-electron chi connectivity index (χ4n) is 4.15. The van der Waals surface area contributed by atoms with Crippen molar-refractivity contribution in [1.29, 1.82) is 0 Å². The zero-order valence-corrected chi connectivity index (χ0v) is 22.7. The summed E-state index contributed by atoms with van der Waals surface area (Å²) < 4.78 is 18.2. The lowest BCUT2D eigenvalue weighted by molar-refractivity contribution is -0.385. The summed E-state index contributed by atoms with van der Waals surface area (Å²) in [6, 6.07) is 11.2. The summed E-state index contributed by atoms with van der Waals surface area (Å²) in [4.78, 5) is 25.2. The van der Waals surface area contributed by atoms with Crippen LogP contribution in [0, 0.1) is 10.1 Å². The van der Waals surface area contributed by atoms with Crippen LogP contribution in [0.15, 0.2) is 54.5 Å². The molecule has 3 aromatic rings. The van der Waals surface area contributed by atoms with E-state index >= 15 is 0 Å². The van der Waals surface area contributed by atoms with Crippen LogP contribution >= 0.6 is 12.2 Å². The van der Waals surface area contributed by atoms with Crippen LogP contribution in [0.3, 0.4) is 0 Å². The molecule has 12 heteroatoms. The summed E-state index contributed by atoms with van der Waals surface area (Å²) in [5.41, 5.74) is 2.73. The standard InChI is InChI=1S/C27H29N5O6S/c1-4-37-24-9-6-18(14-25(24)38-5-2)10-11-31-26(33)22(29-27(31)39)13-19-7-8-23(36-3)20(12-19)16-30-17-21(15-28-30)32(34)35/h6-9,12-15,17H,4-5,10-11,16H2,1-3H3,(H,29,39)/b22-13+. The van der Waals surface area contributed by atoms with Gasteiger partial charge in [-0.2, -0.15) is 5.10 Å². The van der Waals surface area contributed by atoms with E-state index in [1.54, 1.807) is 19.3 Å². The highest BCUT2D eigenvalue weighted by molar-refractivity contribution is 7.80. The summed E-state index contributed by atoms with van der Waals surface area (Å²) in [6.07, 6.45) is 4.84. The Balaban J connectivity index is 1.48. The van der Waals surface area contributed by atoms with Crippen LogP contribution in [0.4, 0.5) is 5.69 Å². The zero-order chi connectivity index (χ0) is 27.9. The van der Waals surface area contributed by atoms with Gasteiger partial charge < -0.3 is 19.5 Å². The van der Waals surface area contributed by atoms with E-state index in [0.717, 1.165) is 16.7 Å². The minimum Gasteiger partial charge on any atom is -0.496 e. The average Bonchev–Trinajstić information content (AvgIpc) is 3.49. The second-order valence-corrected chi connectivity index (χ2v) is 8.95. The fraction of sp³-hybridized carbons (Fsp3) is 0.296. The molecule has 1 aliphatic heterocycles. The molecule has 0 radical (unpaired) electrons. The first-order valence-corrected chi connectivity index (χ1v) is 12.8. The lowest BCUT2D eigenvalue weighted by atomic mass is 10.1. The van der Waals surface area contributed by atoms with Crippen molar-refractivity contribution in [3.05, 3.63) is 81.3 Å². The molecule has 1 aliphatic rings. The monoisotopic (exact) mass is 551 g/mol. The molecule has 0 bridgehead atoms. The predicted octanol–water partition coefficient (Wildman–Crippen LogP) is 3.95. The number of aromatic nitrogens is 2. The number of benzene rings is 2. The molecule has 0 atom stereocenters. The Hall–Kier alpha value is -4.45. The number of thiocarbonyl (C=S) groups is 1. The predicted molar refractivity (Wildman–Crippen MR) is 149 cm³/mol. The Labute approximate surface area is 231 Å². The molecule has 11 nitrogen and oxygen atoms in total. The summed E-state index contributed by atoms with van der Waals surface area (Å²) in [7, 11) is 1.54. The van der Waals surface area contributed by atoms with Gasteiger partial charge in [-0.05, 0) is 74.0 Å². The molecule has 0 unspecified atom stereocenters. The van der Waals surface area contributed by atoms with Gasteiger partial charge in [-0.25, -0.2) is 0 Å². The zero-order valence-electron chi connectivity index (χ0n) is 21.9. The Morgan fingerprint density at radius 1 is 1.10 bits per heavy atom. The van der Waals surface area contributed by atoms with Gasteiger partial charge in [-0.3, -0.25) is 24.5 Å². The third kappa shape index (κ3) is 6.52. The highest BCUT2D eigenvalue weighted by Crippen LogP contribution is 2.29. The molecular weight excluding hydrogens is 522 g/mol. The van der Waals surface area contributed by atoms with Gasteiger partial charge in [0.05, 0.1) is 31.8 Å². The SMILES string of the molecule is CCOc1ccc(CCN2C(=O)/C(=C\c3ccc(OC)c(Cn4cc([N+](=O)[O-])cn4)c3)NC2=S)cc1OCC. The van der Waals surface area contributed by atoms with Crippen LogP contribution in [-0.4, -0.2) is 57.5 Å². The van der Waals surface area contributed by atoms with Crippen molar-refractivity contribution >= 4 is 35.0 Å². The highest BCUT2D eigenvalue weighted by atomic mass is 32.1. The van der Waals surface area contributed by atoms with E-state index in [2.05, 4.69) is 10.4 Å². The third-order valence-corrected chi connectivity index (χ3v) is 6.29. The maximum Gasteiger partial charge on any atom is 0.307 e. The minimum absolute atomic E-state index is 0.0963. The van der Waals surface area contributed by atoms with Crippen molar-refractivity contribution in [2.24, 2.45) is 0 Å². The number of nitrogens with zero attached hydrogens (tertiary/aromatic N) is 4. The van der Waals surface area contributed by atoms with Crippen molar-refractivity contribution in [1.82, 2.24) is 20.0 Å². The van der Waals surface area contributed by atoms with Gasteiger partial charge in [0.2, 0.25) is 0 Å². The molecule has 4 rings (SSSR count). The van der Waals surface area contributed by atoms with Crippen molar-refractivity contribution in [2.75, 3.05) is 26.9 Å². The van der Waals surface area contributed by atoms with Crippen LogP contribution in [0.5, 0.6) is 17.2 Å². The van der Waals surface area contributed by atoms with E-state index in [4.69, 9.17) is 26.4 Å². The Bertz CT molecular complexity index is 1420. The summed E-state index contributed by atoms with van der Waals surface area (Å²) in [5, 5.41) is 18.4. The van der Waals surface area contributed by atoms with Crippen LogP contribution in [-0.2, 0) is 17.8 Å². The van der Waals surface area contributed by atoms with Gasteiger partial charge >= 0.3 is 5.69 Å². The second kappa shape index (κ2) is 12.4. The molecule has 204 valence electrons. The fourth-order valence-corrected chi connectivity index (χ4v) is 4.44.